The first kappa shape index (κ1) is 15.1. The van der Waals surface area contributed by atoms with Gasteiger partial charge in [0.1, 0.15) is 0 Å². The van der Waals surface area contributed by atoms with E-state index in [1.807, 2.05) is 13.1 Å². The third-order valence-corrected chi connectivity index (χ3v) is 3.93. The van der Waals surface area contributed by atoms with Crippen molar-refractivity contribution in [2.75, 3.05) is 7.05 Å². The molecule has 0 saturated carbocycles. The van der Waals surface area contributed by atoms with Crippen LogP contribution in [-0.4, -0.2) is 7.05 Å². The Bertz CT molecular complexity index is 590. The predicted octanol–water partition coefficient (Wildman–Crippen LogP) is 4.85. The van der Waals surface area contributed by atoms with Gasteiger partial charge in [-0.2, -0.15) is 0 Å². The fourth-order valence-corrected chi connectivity index (χ4v) is 2.72. The quantitative estimate of drug-likeness (QED) is 0.829. The Balaban J connectivity index is 2.62. The molecule has 0 saturated heterocycles. The normalized spacial score (nSPS) is 10.8. The number of nitrogens with one attached hydrogen (secondary N) is 1. The number of hydrogen-bond acceptors (Lipinski definition) is 1. The van der Waals surface area contributed by atoms with Gasteiger partial charge in [-0.1, -0.05) is 49.7 Å². The van der Waals surface area contributed by atoms with E-state index in [9.17, 15) is 0 Å². The second-order valence-corrected chi connectivity index (χ2v) is 5.47. The molecule has 1 nitrogen and oxygen atoms in total. The summed E-state index contributed by atoms with van der Waals surface area (Å²) in [5, 5.41) is 4.03. The fraction of sp³-hybridized carbons (Fsp3) is 0.333. The van der Waals surface area contributed by atoms with Gasteiger partial charge in [0.15, 0.2) is 0 Å². The van der Waals surface area contributed by atoms with Crippen molar-refractivity contribution in [1.29, 1.82) is 0 Å². The minimum absolute atomic E-state index is 0.795. The molecule has 0 aliphatic heterocycles. The Labute approximate surface area is 127 Å². The highest BCUT2D eigenvalue weighted by Gasteiger charge is 2.10. The minimum atomic E-state index is 0.795. The summed E-state index contributed by atoms with van der Waals surface area (Å²) in [6, 6.07) is 13.0. The lowest BCUT2D eigenvalue weighted by atomic mass is 9.92. The Hall–Kier alpha value is -1.31. The molecular weight excluding hydrogens is 266 g/mol. The molecule has 20 heavy (non-hydrogen) atoms. The van der Waals surface area contributed by atoms with Crippen LogP contribution < -0.4 is 5.32 Å². The largest absolute Gasteiger partial charge is 0.316 e. The van der Waals surface area contributed by atoms with Crippen LogP contribution in [0.15, 0.2) is 36.4 Å². The SMILES string of the molecule is CCc1ccc(CC)c(-c2cc(Cl)ccc2CNC)c1. The lowest BCUT2D eigenvalue weighted by Crippen LogP contribution is -2.07. The topological polar surface area (TPSA) is 12.0 Å². The minimum Gasteiger partial charge on any atom is -0.316 e. The van der Waals surface area contributed by atoms with Crippen LogP contribution in [0, 0.1) is 0 Å². The van der Waals surface area contributed by atoms with Crippen LogP contribution in [0.5, 0.6) is 0 Å². The van der Waals surface area contributed by atoms with Gasteiger partial charge in [0.05, 0.1) is 0 Å². The first-order valence-corrected chi connectivity index (χ1v) is 7.62. The summed E-state index contributed by atoms with van der Waals surface area (Å²) in [5.74, 6) is 0. The smallest absolute Gasteiger partial charge is 0.0412 e. The molecule has 2 aromatic carbocycles. The first-order chi connectivity index (χ1) is 9.69. The third-order valence-electron chi connectivity index (χ3n) is 3.69. The molecular formula is C18H22ClN. The second-order valence-electron chi connectivity index (χ2n) is 5.03. The van der Waals surface area contributed by atoms with Crippen LogP contribution in [0.1, 0.15) is 30.5 Å². The summed E-state index contributed by atoms with van der Waals surface area (Å²) in [6.45, 7) is 5.25. The molecule has 0 radical (unpaired) electrons. The van der Waals surface area contributed by atoms with Crippen molar-refractivity contribution in [2.45, 2.75) is 33.2 Å². The Morgan fingerprint density at radius 1 is 0.900 bits per heavy atom. The van der Waals surface area contributed by atoms with E-state index >= 15 is 0 Å². The van der Waals surface area contributed by atoms with Crippen molar-refractivity contribution < 1.29 is 0 Å². The second kappa shape index (κ2) is 6.92. The van der Waals surface area contributed by atoms with Gasteiger partial charge in [0, 0.05) is 11.6 Å². The molecule has 106 valence electrons. The maximum atomic E-state index is 6.22. The summed E-state index contributed by atoms with van der Waals surface area (Å²) in [7, 11) is 1.97. The van der Waals surface area contributed by atoms with E-state index in [0.29, 0.717) is 0 Å². The zero-order valence-electron chi connectivity index (χ0n) is 12.5. The zero-order valence-corrected chi connectivity index (χ0v) is 13.2. The number of aryl methyl sites for hydroxylation is 2. The van der Waals surface area contributed by atoms with Crippen molar-refractivity contribution in [2.24, 2.45) is 0 Å². The predicted molar refractivity (Wildman–Crippen MR) is 88.4 cm³/mol. The van der Waals surface area contributed by atoms with Crippen LogP contribution in [0.4, 0.5) is 0 Å². The Morgan fingerprint density at radius 3 is 2.25 bits per heavy atom. The van der Waals surface area contributed by atoms with Gasteiger partial charge in [-0.25, -0.2) is 0 Å². The molecule has 2 heteroatoms. The standard InChI is InChI=1S/C18H22ClN/c1-4-13-6-7-14(5-2)17(10-13)18-11-16(19)9-8-15(18)12-20-3/h6-11,20H,4-5,12H2,1-3H3. The average molecular weight is 288 g/mol. The van der Waals surface area contributed by atoms with E-state index in [1.165, 1.54) is 27.8 Å². The highest BCUT2D eigenvalue weighted by atomic mass is 35.5. The molecule has 0 atom stereocenters. The summed E-state index contributed by atoms with van der Waals surface area (Å²) >= 11 is 6.22. The summed E-state index contributed by atoms with van der Waals surface area (Å²) < 4.78 is 0. The molecule has 1 N–H and O–H groups in total. The van der Waals surface area contributed by atoms with Crippen molar-refractivity contribution in [3.05, 3.63) is 58.1 Å². The summed E-state index contributed by atoms with van der Waals surface area (Å²) in [6.07, 6.45) is 2.09. The lowest BCUT2D eigenvalue weighted by molar-refractivity contribution is 0.819. The average Bonchev–Trinajstić information content (AvgIpc) is 2.48. The molecule has 0 spiro atoms. The van der Waals surface area contributed by atoms with Crippen LogP contribution >= 0.6 is 11.6 Å². The summed E-state index contributed by atoms with van der Waals surface area (Å²) in [5.41, 5.74) is 6.60. The van der Waals surface area contributed by atoms with E-state index < -0.39 is 0 Å². The van der Waals surface area contributed by atoms with Gasteiger partial charge in [-0.3, -0.25) is 0 Å². The monoisotopic (exact) mass is 287 g/mol. The number of hydrogen-bond donors (Lipinski definition) is 1. The molecule has 0 fully saturated rings. The molecule has 0 aliphatic rings. The maximum absolute atomic E-state index is 6.22. The van der Waals surface area contributed by atoms with Crippen LogP contribution in [-0.2, 0) is 19.4 Å². The van der Waals surface area contributed by atoms with E-state index in [1.54, 1.807) is 0 Å². The lowest BCUT2D eigenvalue weighted by Gasteiger charge is -2.15. The fourth-order valence-electron chi connectivity index (χ4n) is 2.55. The van der Waals surface area contributed by atoms with E-state index in [0.717, 1.165) is 24.4 Å². The molecule has 0 bridgehead atoms. The maximum Gasteiger partial charge on any atom is 0.0412 e. The summed E-state index contributed by atoms with van der Waals surface area (Å²) in [4.78, 5) is 0. The van der Waals surface area contributed by atoms with Gasteiger partial charge in [0.2, 0.25) is 0 Å². The molecule has 0 aliphatic carbocycles. The number of benzene rings is 2. The van der Waals surface area contributed by atoms with Crippen LogP contribution in [0.3, 0.4) is 0 Å². The zero-order chi connectivity index (χ0) is 14.5. The van der Waals surface area contributed by atoms with Crippen molar-refractivity contribution in [3.8, 4) is 11.1 Å². The highest BCUT2D eigenvalue weighted by molar-refractivity contribution is 6.30. The highest BCUT2D eigenvalue weighted by Crippen LogP contribution is 2.31. The molecule has 0 heterocycles. The van der Waals surface area contributed by atoms with Crippen LogP contribution in [0.2, 0.25) is 5.02 Å². The third kappa shape index (κ3) is 3.23. The molecule has 0 amide bonds. The molecule has 0 unspecified atom stereocenters. The van der Waals surface area contributed by atoms with Crippen molar-refractivity contribution in [3.63, 3.8) is 0 Å². The molecule has 2 rings (SSSR count). The van der Waals surface area contributed by atoms with E-state index in [4.69, 9.17) is 11.6 Å². The van der Waals surface area contributed by atoms with Gasteiger partial charge in [-0.05, 0) is 59.8 Å². The van der Waals surface area contributed by atoms with E-state index in [2.05, 4.69) is 49.5 Å². The van der Waals surface area contributed by atoms with Gasteiger partial charge < -0.3 is 5.32 Å². The Morgan fingerprint density at radius 2 is 1.60 bits per heavy atom. The van der Waals surface area contributed by atoms with Crippen molar-refractivity contribution in [1.82, 2.24) is 5.32 Å². The van der Waals surface area contributed by atoms with Gasteiger partial charge in [-0.15, -0.1) is 0 Å². The van der Waals surface area contributed by atoms with Crippen LogP contribution in [0.25, 0.3) is 11.1 Å². The van der Waals surface area contributed by atoms with Gasteiger partial charge >= 0.3 is 0 Å². The van der Waals surface area contributed by atoms with Crippen molar-refractivity contribution >= 4 is 11.6 Å². The number of rotatable bonds is 5. The number of halogens is 1. The van der Waals surface area contributed by atoms with E-state index in [-0.39, 0.29) is 0 Å². The Kier molecular flexibility index (Phi) is 5.22. The first-order valence-electron chi connectivity index (χ1n) is 7.24. The van der Waals surface area contributed by atoms with Gasteiger partial charge in [0.25, 0.3) is 0 Å². The molecule has 2 aromatic rings. The molecule has 0 aromatic heterocycles.